The van der Waals surface area contributed by atoms with Crippen LogP contribution in [0.5, 0.6) is 0 Å². The second-order valence-corrected chi connectivity index (χ2v) is 2.50. The molecule has 0 unspecified atom stereocenters. The Morgan fingerprint density at radius 3 is 1.05 bits per heavy atom. The summed E-state index contributed by atoms with van der Waals surface area (Å²) >= 11 is 0. The van der Waals surface area contributed by atoms with Gasteiger partial charge < -0.3 is 64.9 Å². The van der Waals surface area contributed by atoms with Crippen LogP contribution < -0.4 is 59.1 Å². The Bertz CT molecular complexity index is 193. The van der Waals surface area contributed by atoms with Crippen LogP contribution in [-0.4, -0.2) is 70.6 Å². The Morgan fingerprint density at radius 1 is 0.632 bits per heavy atom. The van der Waals surface area contributed by atoms with Crippen molar-refractivity contribution in [2.45, 2.75) is 0 Å². The summed E-state index contributed by atoms with van der Waals surface area (Å²) in [5.41, 5.74) is 0. The summed E-state index contributed by atoms with van der Waals surface area (Å²) in [6.07, 6.45) is 0. The minimum atomic E-state index is -3.45. The van der Waals surface area contributed by atoms with Crippen molar-refractivity contribution < 1.29 is 124 Å². The smallest absolute Gasteiger partial charge is 0.679 e. The van der Waals surface area contributed by atoms with E-state index < -0.39 is 28.6 Å². The van der Waals surface area contributed by atoms with E-state index in [1.807, 2.05) is 0 Å². The molecule has 104 valence electrons. The summed E-state index contributed by atoms with van der Waals surface area (Å²) in [5.74, 6) is 0. The maximum absolute atomic E-state index is 9.18. The molecule has 2 saturated heterocycles. The third-order valence-electron chi connectivity index (χ3n) is 1.50. The van der Waals surface area contributed by atoms with Crippen LogP contribution in [0.15, 0.2) is 0 Å². The Balaban J connectivity index is -0.000000109. The van der Waals surface area contributed by atoms with Gasteiger partial charge in [-0.2, -0.15) is 0 Å². The van der Waals surface area contributed by atoms with Crippen molar-refractivity contribution in [1.29, 1.82) is 0 Å². The van der Waals surface area contributed by atoms with Crippen molar-refractivity contribution in [3.05, 3.63) is 0 Å². The maximum atomic E-state index is 9.18. The van der Waals surface area contributed by atoms with E-state index in [0.717, 1.165) is 0 Å². The average molecular weight is 309 g/mol. The first-order valence-electron chi connectivity index (χ1n) is 3.39. The van der Waals surface area contributed by atoms with Crippen LogP contribution in [-0.2, 0) is 22.9 Å². The van der Waals surface area contributed by atoms with E-state index in [0.29, 0.717) is 0 Å². The fourth-order valence-corrected chi connectivity index (χ4v) is 1.06. The van der Waals surface area contributed by atoms with Crippen molar-refractivity contribution in [3.63, 3.8) is 0 Å². The van der Waals surface area contributed by atoms with Crippen LogP contribution in [0.2, 0.25) is 0 Å². The molecule has 2 aliphatic rings. The summed E-state index contributed by atoms with van der Waals surface area (Å²) in [5, 5.41) is 35.9. The van der Waals surface area contributed by atoms with E-state index in [-0.39, 0.29) is 81.0 Å². The van der Waals surface area contributed by atoms with Crippen LogP contribution in [0.4, 0.5) is 0 Å². The first-order valence-corrected chi connectivity index (χ1v) is 3.39. The SMILES string of the molecule is O.O.O.O.OB1O[B-]2(O)OB(O)O[B-](O)(O1)O2.[Na+].[Na+]. The fourth-order valence-electron chi connectivity index (χ4n) is 1.06. The maximum Gasteiger partial charge on any atom is 1.00 e. The van der Waals surface area contributed by atoms with Crippen molar-refractivity contribution in [3.8, 4) is 0 Å². The molecule has 0 atom stereocenters. The van der Waals surface area contributed by atoms with Crippen molar-refractivity contribution in [1.82, 2.24) is 0 Å². The third kappa shape index (κ3) is 8.07. The first kappa shape index (κ1) is 32.6. The Kier molecular flexibility index (Phi) is 19.4. The summed E-state index contributed by atoms with van der Waals surface area (Å²) in [6.45, 7) is -6.90. The van der Waals surface area contributed by atoms with E-state index in [4.69, 9.17) is 10.0 Å². The molecule has 0 amide bonds. The summed E-state index contributed by atoms with van der Waals surface area (Å²) < 4.78 is 21.1. The number of hydrogen-bond donors (Lipinski definition) is 4. The monoisotopic (exact) mass is 310 g/mol. The number of fused-ring (bicyclic) bond motifs is 2. The van der Waals surface area contributed by atoms with Gasteiger partial charge in [0.2, 0.25) is 0 Å². The molecule has 12 N–H and O–H groups in total. The van der Waals surface area contributed by atoms with E-state index in [1.54, 1.807) is 0 Å². The molecule has 2 rings (SSSR count). The van der Waals surface area contributed by atoms with Crippen molar-refractivity contribution >= 4 is 28.6 Å². The summed E-state index contributed by atoms with van der Waals surface area (Å²) in [7, 11) is -3.92. The van der Waals surface area contributed by atoms with Gasteiger partial charge in [-0.25, -0.2) is 0 Å². The second kappa shape index (κ2) is 11.3. The Labute approximate surface area is 151 Å². The van der Waals surface area contributed by atoms with Gasteiger partial charge in [0.15, 0.2) is 0 Å². The van der Waals surface area contributed by atoms with Crippen molar-refractivity contribution in [2.24, 2.45) is 0 Å². The third-order valence-corrected chi connectivity index (χ3v) is 1.50. The molecule has 0 spiro atoms. The predicted octanol–water partition coefficient (Wildman–Crippen LogP) is -13.4. The Hall–Kier alpha value is 1.74. The molecule has 0 aromatic heterocycles. The number of rotatable bonds is 0. The predicted molar refractivity (Wildman–Crippen MR) is 51.8 cm³/mol. The molecule has 19 heavy (non-hydrogen) atoms. The van der Waals surface area contributed by atoms with Gasteiger partial charge in [0.05, 0.1) is 0 Å². The summed E-state index contributed by atoms with van der Waals surface area (Å²) in [6, 6.07) is 0. The zero-order chi connectivity index (χ0) is 9.69. The van der Waals surface area contributed by atoms with Gasteiger partial charge in [-0.15, -0.1) is 0 Å². The van der Waals surface area contributed by atoms with Gasteiger partial charge in [0.25, 0.3) is 0 Å². The van der Waals surface area contributed by atoms with Crippen LogP contribution >= 0.6 is 0 Å². The van der Waals surface area contributed by atoms with E-state index in [9.17, 15) is 10.0 Å². The standard InChI is InChI=1S/B4H4O9.2Na.4H2O/c5-1-9-3(7)11-2(6)12-4(8,10-1)13-3;;;;;;/h5-8H;;;4*1H2/q-2;2*+1;;;;. The molecular formula is H12B4Na2O13. The van der Waals surface area contributed by atoms with Gasteiger partial charge >= 0.3 is 87.7 Å². The van der Waals surface area contributed by atoms with Crippen molar-refractivity contribution in [2.75, 3.05) is 0 Å². The molecule has 13 nitrogen and oxygen atoms in total. The van der Waals surface area contributed by atoms with Crippen LogP contribution in [0, 0.1) is 0 Å². The van der Waals surface area contributed by atoms with Crippen LogP contribution in [0.1, 0.15) is 0 Å². The number of hydrogen-bond acceptors (Lipinski definition) is 9. The van der Waals surface area contributed by atoms with Gasteiger partial charge in [-0.05, 0) is 0 Å². The largest absolute Gasteiger partial charge is 1.00 e. The summed E-state index contributed by atoms with van der Waals surface area (Å²) in [4.78, 5) is 0. The van der Waals surface area contributed by atoms with Crippen LogP contribution in [0.3, 0.4) is 0 Å². The molecule has 0 aliphatic carbocycles. The first-order chi connectivity index (χ1) is 5.91. The van der Waals surface area contributed by atoms with Gasteiger partial charge in [-0.3, -0.25) is 0 Å². The van der Waals surface area contributed by atoms with Gasteiger partial charge in [0.1, 0.15) is 0 Å². The molecule has 2 aliphatic heterocycles. The zero-order valence-corrected chi connectivity index (χ0v) is 14.1. The van der Waals surface area contributed by atoms with E-state index >= 15 is 0 Å². The van der Waals surface area contributed by atoms with Gasteiger partial charge in [-0.1, -0.05) is 0 Å². The zero-order valence-electron chi connectivity index (χ0n) is 10.1. The average Bonchev–Trinajstić information content (AvgIpc) is 1.75. The normalized spacial score (nSPS) is 30.9. The van der Waals surface area contributed by atoms with Crippen LogP contribution in [0.25, 0.3) is 0 Å². The molecule has 0 radical (unpaired) electrons. The van der Waals surface area contributed by atoms with Gasteiger partial charge in [0, 0.05) is 0 Å². The molecule has 0 saturated carbocycles. The minimum Gasteiger partial charge on any atom is -0.679 e. The second-order valence-electron chi connectivity index (χ2n) is 2.50. The quantitative estimate of drug-likeness (QED) is 0.309. The minimum absolute atomic E-state index is 0. The molecular weight excluding hydrogens is 297 g/mol. The van der Waals surface area contributed by atoms with E-state index in [2.05, 4.69) is 22.9 Å². The fraction of sp³-hybridized carbons (Fsp3) is 0. The molecule has 0 aromatic rings. The molecule has 19 heteroatoms. The molecule has 2 fully saturated rings. The topological polar surface area (TPSA) is 253 Å². The molecule has 2 heterocycles. The molecule has 0 aromatic carbocycles. The Morgan fingerprint density at radius 2 is 0.842 bits per heavy atom. The molecule has 2 bridgehead atoms. The van der Waals surface area contributed by atoms with E-state index in [1.165, 1.54) is 0 Å².